The van der Waals surface area contributed by atoms with Crippen molar-refractivity contribution in [1.82, 2.24) is 24.4 Å². The number of ether oxygens (including phenoxy) is 11. The van der Waals surface area contributed by atoms with Gasteiger partial charge in [-0.15, -0.1) is 0 Å². The average Bonchev–Trinajstić information content (AvgIpc) is 1.84. The molecule has 0 spiro atoms. The van der Waals surface area contributed by atoms with E-state index in [1.54, 1.807) is 17.2 Å². The van der Waals surface area contributed by atoms with Crippen LogP contribution in [0.1, 0.15) is 86.1 Å². The van der Waals surface area contributed by atoms with Crippen LogP contribution in [0.15, 0.2) is 52.1 Å². The van der Waals surface area contributed by atoms with Gasteiger partial charge >= 0.3 is 5.97 Å². The van der Waals surface area contributed by atoms with Gasteiger partial charge in [-0.2, -0.15) is 4.31 Å². The first kappa shape index (κ1) is 71.9. The lowest BCUT2D eigenvalue weighted by Gasteiger charge is -2.39. The summed E-state index contributed by atoms with van der Waals surface area (Å²) in [7, 11) is -1.78. The summed E-state index contributed by atoms with van der Waals surface area (Å²) in [4.78, 5) is 50.8. The van der Waals surface area contributed by atoms with E-state index in [1.165, 1.54) is 10.5 Å². The van der Waals surface area contributed by atoms with Crippen molar-refractivity contribution in [2.45, 2.75) is 91.1 Å². The van der Waals surface area contributed by atoms with Crippen LogP contribution in [0, 0.1) is 11.3 Å². The summed E-state index contributed by atoms with van der Waals surface area (Å²) in [5, 5.41) is 2.97. The largest absolute Gasteiger partial charge is 0.460 e. The highest BCUT2D eigenvalue weighted by molar-refractivity contribution is 7.89. The molecule has 0 atom stereocenters. The number of aromatic nitrogens is 1. The SMILES string of the molecule is CCCN(CCCNC(=O)CC(C)(C)C)C(=O)C1=Cc2ccc(-c3cncc(S(=O)(=O)N4CC(CN(C)CCOCCOCCOCCOCCOCCOCCOCCOCCOCCOCCC(=O)OC(C)(C)C)C4)c3)cc2N=C(N)C1. The van der Waals surface area contributed by atoms with Gasteiger partial charge in [0.1, 0.15) is 16.3 Å². The van der Waals surface area contributed by atoms with Crippen LogP contribution in [0.2, 0.25) is 0 Å². The second-order valence-electron chi connectivity index (χ2n) is 22.8. The number of amides is 2. The standard InChI is InChI=1S/C60H99N7O16S/c1-9-15-66(16-10-14-63-56(68)42-59(2,3)4)58(70)51-38-50-12-11-49(40-54(50)64-55(61)41-51)52-39-53(44-62-43-52)84(71,72)67-46-48(47-67)45-65(8)17-19-74-21-23-76-25-27-78-29-31-80-33-35-82-37-36-81-34-32-79-30-28-77-26-24-75-22-20-73-18-13-57(69)83-60(5,6)7/h11-12,38-40,43-44,48H,9-10,13-37,41-42,45-47H2,1-8H3,(H2,61,64)(H,63,68). The maximum atomic E-state index is 13.9. The second kappa shape index (κ2) is 40.0. The number of carbonyl (C=O) groups excluding carboxylic acids is 3. The van der Waals surface area contributed by atoms with Crippen molar-refractivity contribution in [1.29, 1.82) is 0 Å². The van der Waals surface area contributed by atoms with Crippen LogP contribution < -0.4 is 11.1 Å². The number of likely N-dealkylation sites (N-methyl/N-ethyl adjacent to an activating group) is 1. The Morgan fingerprint density at radius 3 is 1.69 bits per heavy atom. The van der Waals surface area contributed by atoms with E-state index < -0.39 is 15.6 Å². The van der Waals surface area contributed by atoms with Gasteiger partial charge in [-0.05, 0) is 75.8 Å². The lowest BCUT2D eigenvalue weighted by Crippen LogP contribution is -2.53. The predicted octanol–water partition coefficient (Wildman–Crippen LogP) is 5.16. The minimum Gasteiger partial charge on any atom is -0.460 e. The molecule has 2 aliphatic rings. The summed E-state index contributed by atoms with van der Waals surface area (Å²) in [5.41, 5.74) is 8.97. The fourth-order valence-corrected chi connectivity index (χ4v) is 10.2. The minimum absolute atomic E-state index is 0.00177. The third-order valence-electron chi connectivity index (χ3n) is 12.7. The summed E-state index contributed by atoms with van der Waals surface area (Å²) >= 11 is 0. The van der Waals surface area contributed by atoms with Crippen LogP contribution in [0.3, 0.4) is 0 Å². The number of carbonyl (C=O) groups is 3. The Labute approximate surface area is 499 Å². The van der Waals surface area contributed by atoms with Gasteiger partial charge in [0.15, 0.2) is 0 Å². The first-order valence-electron chi connectivity index (χ1n) is 29.6. The van der Waals surface area contributed by atoms with Gasteiger partial charge in [0, 0.05) is 87.7 Å². The van der Waals surface area contributed by atoms with Gasteiger partial charge in [-0.25, -0.2) is 13.4 Å². The number of benzene rings is 1. The van der Waals surface area contributed by atoms with Crippen molar-refractivity contribution < 1.29 is 74.9 Å². The van der Waals surface area contributed by atoms with Crippen molar-refractivity contribution in [2.24, 2.45) is 22.1 Å². The number of fused-ring (bicyclic) bond motifs is 1. The van der Waals surface area contributed by atoms with Crippen LogP contribution in [0.5, 0.6) is 0 Å². The molecule has 84 heavy (non-hydrogen) atoms. The number of hydrogen-bond donors (Lipinski definition) is 2. The molecule has 0 radical (unpaired) electrons. The van der Waals surface area contributed by atoms with Gasteiger partial charge < -0.3 is 73.0 Å². The lowest BCUT2D eigenvalue weighted by atomic mass is 9.92. The molecular formula is C60H99N7O16S. The molecule has 0 unspecified atom stereocenters. The molecule has 1 aromatic carbocycles. The quantitative estimate of drug-likeness (QED) is 0.0641. The average molecular weight is 1210 g/mol. The molecule has 2 aromatic rings. The van der Waals surface area contributed by atoms with E-state index in [1.807, 2.05) is 79.8 Å². The highest BCUT2D eigenvalue weighted by atomic mass is 32.2. The number of pyridine rings is 1. The zero-order valence-corrected chi connectivity index (χ0v) is 52.3. The number of nitrogens with zero attached hydrogens (tertiary/aromatic N) is 5. The fourth-order valence-electron chi connectivity index (χ4n) is 8.62. The molecule has 23 nitrogen and oxygen atoms in total. The summed E-state index contributed by atoms with van der Waals surface area (Å²) in [6.07, 6.45) is 7.08. The van der Waals surface area contributed by atoms with Crippen molar-refractivity contribution >= 4 is 45.4 Å². The number of esters is 1. The van der Waals surface area contributed by atoms with E-state index >= 15 is 0 Å². The maximum absolute atomic E-state index is 13.9. The third kappa shape index (κ3) is 30.7. The molecule has 1 saturated heterocycles. The van der Waals surface area contributed by atoms with Crippen molar-refractivity contribution in [2.75, 3.05) is 185 Å². The highest BCUT2D eigenvalue weighted by Crippen LogP contribution is 2.34. The second-order valence-corrected chi connectivity index (χ2v) is 24.7. The molecule has 0 bridgehead atoms. The Hall–Kier alpha value is -4.54. The van der Waals surface area contributed by atoms with Crippen molar-refractivity contribution in [3.05, 3.63) is 47.8 Å². The molecule has 2 amide bonds. The number of amidine groups is 1. The van der Waals surface area contributed by atoms with Crippen LogP contribution >= 0.6 is 0 Å². The zero-order chi connectivity index (χ0) is 61.1. The number of nitrogens with one attached hydrogen (secondary N) is 1. The molecule has 0 saturated carbocycles. The number of rotatable bonds is 46. The summed E-state index contributed by atoms with van der Waals surface area (Å²) < 4.78 is 89.6. The van der Waals surface area contributed by atoms with Gasteiger partial charge in [-0.1, -0.05) is 39.8 Å². The molecule has 476 valence electrons. The smallest absolute Gasteiger partial charge is 0.308 e. The first-order valence-corrected chi connectivity index (χ1v) is 31.0. The molecular weight excluding hydrogens is 1110 g/mol. The highest BCUT2D eigenvalue weighted by Gasteiger charge is 2.37. The molecule has 0 aliphatic carbocycles. The summed E-state index contributed by atoms with van der Waals surface area (Å²) in [6, 6.07) is 7.21. The lowest BCUT2D eigenvalue weighted by molar-refractivity contribution is -0.156. The molecule has 4 rings (SSSR count). The van der Waals surface area contributed by atoms with E-state index in [0.717, 1.165) is 24.1 Å². The number of sulfonamides is 1. The zero-order valence-electron chi connectivity index (χ0n) is 51.5. The van der Waals surface area contributed by atoms with Crippen LogP contribution in [0.25, 0.3) is 17.2 Å². The van der Waals surface area contributed by atoms with Crippen molar-refractivity contribution in [3.63, 3.8) is 0 Å². The van der Waals surface area contributed by atoms with Gasteiger partial charge in [0.05, 0.1) is 144 Å². The normalized spacial score (nSPS) is 14.2. The summed E-state index contributed by atoms with van der Waals surface area (Å²) in [6.45, 7) is 26.4. The van der Waals surface area contributed by atoms with Crippen LogP contribution in [0.4, 0.5) is 5.69 Å². The Morgan fingerprint density at radius 2 is 1.19 bits per heavy atom. The van der Waals surface area contributed by atoms with Crippen LogP contribution in [-0.2, 0) is 76.5 Å². The van der Waals surface area contributed by atoms with E-state index in [0.29, 0.717) is 207 Å². The van der Waals surface area contributed by atoms with E-state index in [2.05, 4.69) is 20.2 Å². The maximum Gasteiger partial charge on any atom is 0.308 e. The number of hydrogen-bond acceptors (Lipinski definition) is 20. The Bertz CT molecular complexity index is 2390. The van der Waals surface area contributed by atoms with Gasteiger partial charge in [-0.3, -0.25) is 19.4 Å². The summed E-state index contributed by atoms with van der Waals surface area (Å²) in [5.74, 6) is 0.0928. The predicted molar refractivity (Wildman–Crippen MR) is 321 cm³/mol. The Kier molecular flexibility index (Phi) is 34.3. The van der Waals surface area contributed by atoms with Gasteiger partial charge in [0.2, 0.25) is 21.8 Å². The molecule has 3 heterocycles. The first-order chi connectivity index (χ1) is 40.2. The molecule has 3 N–H and O–H groups in total. The molecule has 24 heteroatoms. The van der Waals surface area contributed by atoms with Crippen LogP contribution in [-0.4, -0.2) is 242 Å². The molecule has 1 aromatic heterocycles. The number of nitrogens with two attached hydrogens (primary N) is 1. The molecule has 1 fully saturated rings. The van der Waals surface area contributed by atoms with Crippen molar-refractivity contribution in [3.8, 4) is 11.1 Å². The molecule has 2 aliphatic heterocycles. The van der Waals surface area contributed by atoms with E-state index in [4.69, 9.17) is 57.8 Å². The monoisotopic (exact) mass is 1210 g/mol. The minimum atomic E-state index is -3.78. The van der Waals surface area contributed by atoms with E-state index in [9.17, 15) is 22.8 Å². The third-order valence-corrected chi connectivity index (χ3v) is 14.5. The number of aliphatic imine (C=N–C) groups is 1. The Morgan fingerprint density at radius 1 is 0.679 bits per heavy atom. The van der Waals surface area contributed by atoms with E-state index in [-0.39, 0.29) is 46.9 Å². The fraction of sp³-hybridized carbons (Fsp3) is 0.717. The Balaban J connectivity index is 0.956. The van der Waals surface area contributed by atoms with Gasteiger partial charge in [0.25, 0.3) is 0 Å². The topological polar surface area (TPSA) is 260 Å².